The molecule has 0 unspecified atom stereocenters. The zero-order valence-corrected chi connectivity index (χ0v) is 15.8. The van der Waals surface area contributed by atoms with E-state index in [1.165, 1.54) is 24.3 Å². The Morgan fingerprint density at radius 2 is 1.86 bits per heavy atom. The number of aliphatic hydroxyl groups excluding tert-OH is 1. The van der Waals surface area contributed by atoms with Crippen molar-refractivity contribution in [1.82, 2.24) is 4.90 Å². The van der Waals surface area contributed by atoms with E-state index in [1.807, 2.05) is 0 Å². The number of nitro groups is 1. The summed E-state index contributed by atoms with van der Waals surface area (Å²) in [4.78, 5) is 47.8. The number of non-ortho nitro benzene ring substituents is 1. The number of rotatable bonds is 5. The van der Waals surface area contributed by atoms with Crippen molar-refractivity contribution in [3.05, 3.63) is 39.9 Å². The van der Waals surface area contributed by atoms with E-state index >= 15 is 0 Å². The second-order valence-electron chi connectivity index (χ2n) is 7.37. The van der Waals surface area contributed by atoms with Gasteiger partial charge in [0.1, 0.15) is 11.6 Å². The number of carbonyl (C=O) groups is 3. The molecular weight excluding hydrogens is 372 g/mol. The largest absolute Gasteiger partial charge is 0.456 e. The van der Waals surface area contributed by atoms with Crippen LogP contribution in [-0.4, -0.2) is 63.7 Å². The topological polar surface area (TPSA) is 136 Å². The van der Waals surface area contributed by atoms with Gasteiger partial charge in [0, 0.05) is 24.1 Å². The van der Waals surface area contributed by atoms with Crippen LogP contribution < -0.4 is 0 Å². The van der Waals surface area contributed by atoms with Crippen LogP contribution in [0.15, 0.2) is 24.3 Å². The van der Waals surface area contributed by atoms with Gasteiger partial charge >= 0.3 is 12.1 Å². The van der Waals surface area contributed by atoms with Crippen molar-refractivity contribution < 1.29 is 33.9 Å². The number of hydrogen-bond donors (Lipinski definition) is 1. The summed E-state index contributed by atoms with van der Waals surface area (Å²) < 4.78 is 10.2. The van der Waals surface area contributed by atoms with E-state index in [0.29, 0.717) is 0 Å². The third kappa shape index (κ3) is 5.49. The molecule has 0 bridgehead atoms. The Morgan fingerprint density at radius 1 is 1.25 bits per heavy atom. The summed E-state index contributed by atoms with van der Waals surface area (Å²) >= 11 is 0. The predicted molar refractivity (Wildman–Crippen MR) is 95.7 cm³/mol. The van der Waals surface area contributed by atoms with Crippen LogP contribution in [0.5, 0.6) is 0 Å². The van der Waals surface area contributed by atoms with Gasteiger partial charge in [0.15, 0.2) is 12.4 Å². The molecule has 1 aliphatic heterocycles. The number of nitrogens with zero attached hydrogens (tertiary/aromatic N) is 2. The normalized spacial score (nSPS) is 19.2. The second kappa shape index (κ2) is 8.34. The Balaban J connectivity index is 1.97. The second-order valence-corrected chi connectivity index (χ2v) is 7.37. The molecule has 0 radical (unpaired) electrons. The van der Waals surface area contributed by atoms with Gasteiger partial charge in [-0.15, -0.1) is 0 Å². The standard InChI is InChI=1S/C18H22N2O8/c1-18(2,3)28-17(24)19-9-13(21)8-14(19)16(23)27-10-15(22)11-4-6-12(7-5-11)20(25)26/h4-7,13-14,21H,8-10H2,1-3H3/t13-,14+/m0/s1. The average Bonchev–Trinajstić information content (AvgIpc) is 3.00. The molecule has 1 fully saturated rings. The van der Waals surface area contributed by atoms with Gasteiger partial charge in [0.2, 0.25) is 0 Å². The fourth-order valence-electron chi connectivity index (χ4n) is 2.64. The Hall–Kier alpha value is -3.01. The zero-order valence-electron chi connectivity index (χ0n) is 15.8. The zero-order chi connectivity index (χ0) is 21.1. The smallest absolute Gasteiger partial charge is 0.411 e. The maximum atomic E-state index is 12.3. The summed E-state index contributed by atoms with van der Waals surface area (Å²) in [6, 6.07) is 3.81. The van der Waals surface area contributed by atoms with Crippen LogP contribution in [0.1, 0.15) is 37.6 Å². The molecule has 1 heterocycles. The number of amides is 1. The Morgan fingerprint density at radius 3 is 2.39 bits per heavy atom. The lowest BCUT2D eigenvalue weighted by Crippen LogP contribution is -2.44. The predicted octanol–water partition coefficient (Wildman–Crippen LogP) is 1.69. The van der Waals surface area contributed by atoms with E-state index < -0.39 is 47.1 Å². The van der Waals surface area contributed by atoms with E-state index in [4.69, 9.17) is 9.47 Å². The number of aliphatic hydroxyl groups is 1. The minimum atomic E-state index is -1.06. The number of Topliss-reactive ketones (excluding diaryl/α,β-unsaturated/α-hetero) is 1. The number of carbonyl (C=O) groups excluding carboxylic acids is 3. The summed E-state index contributed by atoms with van der Waals surface area (Å²) in [7, 11) is 0. The molecular formula is C18H22N2O8. The van der Waals surface area contributed by atoms with Gasteiger partial charge in [0.25, 0.3) is 5.69 Å². The van der Waals surface area contributed by atoms with Crippen molar-refractivity contribution in [1.29, 1.82) is 0 Å². The fraction of sp³-hybridized carbons (Fsp3) is 0.500. The summed E-state index contributed by atoms with van der Waals surface area (Å²) in [6.07, 6.45) is -1.69. The number of β-amino-alcohol motifs (C(OH)–C–C–N with tert-alkyl or cyclic N) is 1. The first-order valence-corrected chi connectivity index (χ1v) is 8.60. The summed E-state index contributed by atoms with van der Waals surface area (Å²) in [5.74, 6) is -1.39. The van der Waals surface area contributed by atoms with Crippen LogP contribution in [0.4, 0.5) is 10.5 Å². The number of benzene rings is 1. The summed E-state index contributed by atoms with van der Waals surface area (Å²) in [6.45, 7) is 4.35. The van der Waals surface area contributed by atoms with E-state index in [0.717, 1.165) is 4.90 Å². The van der Waals surface area contributed by atoms with Gasteiger partial charge in [-0.05, 0) is 32.9 Å². The number of hydrogen-bond acceptors (Lipinski definition) is 8. The van der Waals surface area contributed by atoms with Gasteiger partial charge in [-0.3, -0.25) is 19.8 Å². The molecule has 1 aromatic rings. The number of likely N-dealkylation sites (tertiary alicyclic amines) is 1. The lowest BCUT2D eigenvalue weighted by atomic mass is 10.1. The van der Waals surface area contributed by atoms with E-state index in [2.05, 4.69) is 0 Å². The lowest BCUT2D eigenvalue weighted by Gasteiger charge is -2.27. The van der Waals surface area contributed by atoms with Crippen LogP contribution in [0.25, 0.3) is 0 Å². The van der Waals surface area contributed by atoms with Crippen molar-refractivity contribution in [3.8, 4) is 0 Å². The first-order valence-electron chi connectivity index (χ1n) is 8.60. The van der Waals surface area contributed by atoms with Gasteiger partial charge in [-0.25, -0.2) is 9.59 Å². The maximum absolute atomic E-state index is 12.3. The SMILES string of the molecule is CC(C)(C)OC(=O)N1C[C@@H](O)C[C@@H]1C(=O)OCC(=O)c1ccc([N+](=O)[O-])cc1. The van der Waals surface area contributed by atoms with Gasteiger partial charge in [-0.1, -0.05) is 0 Å². The lowest BCUT2D eigenvalue weighted by molar-refractivity contribution is -0.384. The third-order valence-corrected chi connectivity index (χ3v) is 3.92. The Labute approximate surface area is 161 Å². The Kier molecular flexibility index (Phi) is 6.34. The molecule has 0 aliphatic carbocycles. The molecule has 0 spiro atoms. The first kappa shape index (κ1) is 21.3. The minimum absolute atomic E-state index is 0.0240. The highest BCUT2D eigenvalue weighted by Crippen LogP contribution is 2.22. The molecule has 1 amide bonds. The van der Waals surface area contributed by atoms with E-state index in [1.54, 1.807) is 20.8 Å². The van der Waals surface area contributed by atoms with Crippen LogP contribution in [0.3, 0.4) is 0 Å². The summed E-state index contributed by atoms with van der Waals surface area (Å²) in [5.41, 5.74) is -0.791. The molecule has 10 nitrogen and oxygen atoms in total. The molecule has 0 aromatic heterocycles. The van der Waals surface area contributed by atoms with Crippen molar-refractivity contribution in [2.24, 2.45) is 0 Å². The van der Waals surface area contributed by atoms with E-state index in [-0.39, 0.29) is 24.2 Å². The number of ketones is 1. The minimum Gasteiger partial charge on any atom is -0.456 e. The monoisotopic (exact) mass is 394 g/mol. The van der Waals surface area contributed by atoms with Crippen molar-refractivity contribution >= 4 is 23.5 Å². The molecule has 1 saturated heterocycles. The highest BCUT2D eigenvalue weighted by molar-refractivity contribution is 5.98. The average molecular weight is 394 g/mol. The highest BCUT2D eigenvalue weighted by Gasteiger charge is 2.42. The molecule has 2 atom stereocenters. The first-order chi connectivity index (χ1) is 13.0. The molecule has 28 heavy (non-hydrogen) atoms. The van der Waals surface area contributed by atoms with Crippen molar-refractivity contribution in [2.75, 3.05) is 13.2 Å². The number of ether oxygens (including phenoxy) is 2. The maximum Gasteiger partial charge on any atom is 0.411 e. The van der Waals surface area contributed by atoms with Crippen molar-refractivity contribution in [2.45, 2.75) is 44.9 Å². The van der Waals surface area contributed by atoms with Crippen molar-refractivity contribution in [3.63, 3.8) is 0 Å². The highest BCUT2D eigenvalue weighted by atomic mass is 16.6. The van der Waals surface area contributed by atoms with Crippen LogP contribution in [-0.2, 0) is 14.3 Å². The fourth-order valence-corrected chi connectivity index (χ4v) is 2.64. The Bertz CT molecular complexity index is 769. The van der Waals surface area contributed by atoms with Crippen LogP contribution in [0, 0.1) is 10.1 Å². The molecule has 10 heteroatoms. The molecule has 2 rings (SSSR count). The quantitative estimate of drug-likeness (QED) is 0.345. The molecule has 152 valence electrons. The van der Waals surface area contributed by atoms with Gasteiger partial charge < -0.3 is 14.6 Å². The van der Waals surface area contributed by atoms with Gasteiger partial charge in [-0.2, -0.15) is 0 Å². The molecule has 0 saturated carbocycles. The number of nitro benzene ring substituents is 1. The molecule has 1 N–H and O–H groups in total. The van der Waals surface area contributed by atoms with E-state index in [9.17, 15) is 29.6 Å². The number of esters is 1. The molecule has 1 aliphatic rings. The van der Waals surface area contributed by atoms with Gasteiger partial charge in [0.05, 0.1) is 17.6 Å². The third-order valence-electron chi connectivity index (χ3n) is 3.92. The molecule has 1 aromatic carbocycles. The van der Waals surface area contributed by atoms with Crippen LogP contribution >= 0.6 is 0 Å². The van der Waals surface area contributed by atoms with Crippen LogP contribution in [0.2, 0.25) is 0 Å². The summed E-state index contributed by atoms with van der Waals surface area (Å²) in [5, 5.41) is 20.4.